The van der Waals surface area contributed by atoms with Crippen LogP contribution in [0.3, 0.4) is 0 Å². The first-order chi connectivity index (χ1) is 12.6. The molecule has 0 fully saturated rings. The zero-order chi connectivity index (χ0) is 18.5. The average molecular weight is 384 g/mol. The monoisotopic (exact) mass is 383 g/mol. The Bertz CT molecular complexity index is 993. The van der Waals surface area contributed by atoms with Gasteiger partial charge in [-0.2, -0.15) is 0 Å². The standard InChI is InChI=1S/C18H17N5OS2/c1-26-17(20-12-8-4-2-5-9-12)14-15(19)23(22-16(14)24)18(25)21-13-10-6-3-7-11-13/h2-11H,19H2,1H3,(H,21,25)(H,22,24). The average Bonchev–Trinajstić information content (AvgIpc) is 2.96. The molecule has 0 aliphatic rings. The molecule has 0 amide bonds. The van der Waals surface area contributed by atoms with E-state index in [0.717, 1.165) is 11.4 Å². The number of nitrogens with zero attached hydrogens (tertiary/aromatic N) is 2. The Kier molecular flexibility index (Phi) is 5.55. The third-order valence-corrected chi connectivity index (χ3v) is 4.53. The van der Waals surface area contributed by atoms with Gasteiger partial charge in [0, 0.05) is 5.69 Å². The summed E-state index contributed by atoms with van der Waals surface area (Å²) in [6, 6.07) is 18.8. The zero-order valence-electron chi connectivity index (χ0n) is 14.0. The van der Waals surface area contributed by atoms with Crippen LogP contribution in [0.25, 0.3) is 0 Å². The van der Waals surface area contributed by atoms with Crippen molar-refractivity contribution in [2.45, 2.75) is 0 Å². The second-order valence-electron chi connectivity index (χ2n) is 5.29. The zero-order valence-corrected chi connectivity index (χ0v) is 15.6. The summed E-state index contributed by atoms with van der Waals surface area (Å²) in [6.45, 7) is 0. The number of thiocarbonyl (C=S) groups is 1. The summed E-state index contributed by atoms with van der Waals surface area (Å²) in [6.07, 6.45) is 1.85. The number of thioether (sulfide) groups is 1. The number of hydrogen-bond donors (Lipinski definition) is 3. The summed E-state index contributed by atoms with van der Waals surface area (Å²) in [5.41, 5.74) is 7.71. The van der Waals surface area contributed by atoms with Crippen molar-refractivity contribution in [3.63, 3.8) is 0 Å². The number of aromatic nitrogens is 2. The largest absolute Gasteiger partial charge is 0.383 e. The van der Waals surface area contributed by atoms with Gasteiger partial charge in [0.25, 0.3) is 5.56 Å². The molecule has 8 heteroatoms. The van der Waals surface area contributed by atoms with Crippen LogP contribution < -0.4 is 16.6 Å². The van der Waals surface area contributed by atoms with E-state index in [4.69, 9.17) is 18.0 Å². The number of benzene rings is 2. The summed E-state index contributed by atoms with van der Waals surface area (Å²) in [4.78, 5) is 17.0. The highest BCUT2D eigenvalue weighted by atomic mass is 32.2. The molecule has 132 valence electrons. The van der Waals surface area contributed by atoms with E-state index in [-0.39, 0.29) is 16.5 Å². The van der Waals surface area contributed by atoms with Crippen molar-refractivity contribution in [1.82, 2.24) is 9.78 Å². The van der Waals surface area contributed by atoms with Gasteiger partial charge in [-0.1, -0.05) is 36.4 Å². The summed E-state index contributed by atoms with van der Waals surface area (Å²) in [5.74, 6) is 0.215. The minimum absolute atomic E-state index is 0.215. The van der Waals surface area contributed by atoms with Crippen LogP contribution in [0.5, 0.6) is 0 Å². The first-order valence-corrected chi connectivity index (χ1v) is 9.38. The number of para-hydroxylation sites is 2. The lowest BCUT2D eigenvalue weighted by atomic mass is 10.3. The topological polar surface area (TPSA) is 88.2 Å². The number of aromatic amines is 1. The van der Waals surface area contributed by atoms with E-state index in [9.17, 15) is 4.79 Å². The summed E-state index contributed by atoms with van der Waals surface area (Å²) < 4.78 is 1.36. The molecule has 1 aromatic heterocycles. The molecule has 6 nitrogen and oxygen atoms in total. The van der Waals surface area contributed by atoms with Crippen molar-refractivity contribution < 1.29 is 0 Å². The van der Waals surface area contributed by atoms with Crippen LogP contribution >= 0.6 is 24.0 Å². The lowest BCUT2D eigenvalue weighted by Gasteiger charge is -2.10. The molecule has 1 heterocycles. The third-order valence-electron chi connectivity index (χ3n) is 3.56. The molecule has 3 rings (SSSR count). The maximum atomic E-state index is 12.5. The Labute approximate surface area is 160 Å². The highest BCUT2D eigenvalue weighted by Crippen LogP contribution is 2.20. The Hall–Kier alpha value is -2.84. The minimum atomic E-state index is -0.344. The number of nitrogens with two attached hydrogens (primary N) is 1. The number of nitrogens with one attached hydrogen (secondary N) is 2. The Morgan fingerprint density at radius 3 is 2.38 bits per heavy atom. The fourth-order valence-corrected chi connectivity index (χ4v) is 3.20. The minimum Gasteiger partial charge on any atom is -0.383 e. The second-order valence-corrected chi connectivity index (χ2v) is 6.47. The SMILES string of the molecule is CSC(=Nc1ccccc1)c1c(N)n(C(=S)Nc2ccccc2)[nH]c1=O. The van der Waals surface area contributed by atoms with Crippen molar-refractivity contribution in [2.75, 3.05) is 17.3 Å². The van der Waals surface area contributed by atoms with Crippen LogP contribution in [0, 0.1) is 0 Å². The maximum Gasteiger partial charge on any atom is 0.276 e. The van der Waals surface area contributed by atoms with Gasteiger partial charge >= 0.3 is 0 Å². The molecule has 0 bridgehead atoms. The number of rotatable bonds is 3. The number of H-pyrrole nitrogens is 1. The van der Waals surface area contributed by atoms with Crippen molar-refractivity contribution >= 4 is 51.3 Å². The van der Waals surface area contributed by atoms with Gasteiger partial charge in [0.05, 0.1) is 5.69 Å². The number of aliphatic imine (C=N–C) groups is 1. The normalized spacial score (nSPS) is 11.3. The van der Waals surface area contributed by atoms with Gasteiger partial charge in [0.1, 0.15) is 16.4 Å². The fourth-order valence-electron chi connectivity index (χ4n) is 2.34. The molecule has 2 aromatic carbocycles. The van der Waals surface area contributed by atoms with E-state index >= 15 is 0 Å². The third kappa shape index (κ3) is 3.87. The van der Waals surface area contributed by atoms with Crippen molar-refractivity contribution in [2.24, 2.45) is 4.99 Å². The number of nitrogen functional groups attached to an aromatic ring is 1. The van der Waals surface area contributed by atoms with Crippen LogP contribution in [-0.2, 0) is 0 Å². The van der Waals surface area contributed by atoms with Gasteiger partial charge in [-0.25, -0.2) is 9.67 Å². The van der Waals surface area contributed by atoms with Crippen LogP contribution in [0.1, 0.15) is 5.56 Å². The Morgan fingerprint density at radius 2 is 1.77 bits per heavy atom. The molecule has 0 radical (unpaired) electrons. The molecule has 0 saturated carbocycles. The smallest absolute Gasteiger partial charge is 0.276 e. The summed E-state index contributed by atoms with van der Waals surface area (Å²) in [7, 11) is 0. The molecule has 0 saturated heterocycles. The molecule has 3 aromatic rings. The van der Waals surface area contributed by atoms with Crippen LogP contribution in [-0.4, -0.2) is 26.2 Å². The van der Waals surface area contributed by atoms with Crippen molar-refractivity contribution in [3.05, 3.63) is 76.6 Å². The lowest BCUT2D eigenvalue weighted by molar-refractivity contribution is 0.935. The fraction of sp³-hybridized carbons (Fsp3) is 0.0556. The first kappa shape index (κ1) is 18.0. The molecule has 0 spiro atoms. The van der Waals surface area contributed by atoms with E-state index in [2.05, 4.69) is 15.4 Å². The van der Waals surface area contributed by atoms with Gasteiger partial charge in [-0.15, -0.1) is 11.8 Å². The van der Waals surface area contributed by atoms with Gasteiger partial charge in [0.2, 0.25) is 0 Å². The van der Waals surface area contributed by atoms with E-state index in [1.807, 2.05) is 66.9 Å². The number of anilines is 2. The molecule has 4 N–H and O–H groups in total. The highest BCUT2D eigenvalue weighted by molar-refractivity contribution is 8.13. The molecular formula is C18H17N5OS2. The number of hydrogen-bond acceptors (Lipinski definition) is 5. The summed E-state index contributed by atoms with van der Waals surface area (Å²) in [5, 5.41) is 6.52. The lowest BCUT2D eigenvalue weighted by Crippen LogP contribution is -2.23. The molecule has 26 heavy (non-hydrogen) atoms. The van der Waals surface area contributed by atoms with E-state index < -0.39 is 0 Å². The van der Waals surface area contributed by atoms with Crippen LogP contribution in [0.15, 0.2) is 70.5 Å². The van der Waals surface area contributed by atoms with Crippen molar-refractivity contribution in [3.8, 4) is 0 Å². The Balaban J connectivity index is 1.96. The van der Waals surface area contributed by atoms with Gasteiger partial charge in [-0.3, -0.25) is 9.89 Å². The predicted octanol–water partition coefficient (Wildman–Crippen LogP) is 3.44. The first-order valence-electron chi connectivity index (χ1n) is 7.75. The quantitative estimate of drug-likeness (QED) is 0.366. The van der Waals surface area contributed by atoms with Crippen LogP contribution in [0.2, 0.25) is 0 Å². The molecule has 0 unspecified atom stereocenters. The summed E-state index contributed by atoms with van der Waals surface area (Å²) >= 11 is 6.72. The van der Waals surface area contributed by atoms with E-state index in [1.165, 1.54) is 16.4 Å². The maximum absolute atomic E-state index is 12.5. The Morgan fingerprint density at radius 1 is 1.15 bits per heavy atom. The van der Waals surface area contributed by atoms with Gasteiger partial charge in [-0.05, 0) is 42.7 Å². The molecule has 0 atom stereocenters. The predicted molar refractivity (Wildman–Crippen MR) is 114 cm³/mol. The second kappa shape index (κ2) is 8.03. The molecular weight excluding hydrogens is 366 g/mol. The van der Waals surface area contributed by atoms with Crippen molar-refractivity contribution in [1.29, 1.82) is 0 Å². The van der Waals surface area contributed by atoms with Gasteiger partial charge in [0.15, 0.2) is 5.11 Å². The van der Waals surface area contributed by atoms with Crippen LogP contribution in [0.4, 0.5) is 17.2 Å². The van der Waals surface area contributed by atoms with E-state index in [1.54, 1.807) is 0 Å². The van der Waals surface area contributed by atoms with E-state index in [0.29, 0.717) is 10.6 Å². The molecule has 0 aliphatic carbocycles. The van der Waals surface area contributed by atoms with Gasteiger partial charge < -0.3 is 11.1 Å². The highest BCUT2D eigenvalue weighted by Gasteiger charge is 2.19. The molecule has 0 aliphatic heterocycles.